The molecule has 0 aromatic rings. The van der Waals surface area contributed by atoms with Crippen molar-refractivity contribution in [1.29, 1.82) is 0 Å². The van der Waals surface area contributed by atoms with Crippen molar-refractivity contribution in [1.82, 2.24) is 0 Å². The van der Waals surface area contributed by atoms with Gasteiger partial charge in [-0.1, -0.05) is 11.8 Å². The van der Waals surface area contributed by atoms with Gasteiger partial charge in [-0.2, -0.15) is 0 Å². The van der Waals surface area contributed by atoms with E-state index in [1.807, 2.05) is 5.92 Å². The molecule has 0 aliphatic carbocycles. The van der Waals surface area contributed by atoms with Crippen LogP contribution >= 0.6 is 0 Å². The second-order valence-electron chi connectivity index (χ2n) is 0.479. The molecule has 0 unspecified atom stereocenters. The van der Waals surface area contributed by atoms with Crippen LogP contribution in [-0.4, -0.2) is 11.7 Å². The van der Waals surface area contributed by atoms with E-state index in [-0.39, 0.29) is 6.61 Å². The van der Waals surface area contributed by atoms with Gasteiger partial charge in [0, 0.05) is 0 Å². The summed E-state index contributed by atoms with van der Waals surface area (Å²) in [5, 5.41) is 7.81. The SMILES string of the molecule is [CH]C#CCO. The molecule has 0 heterocycles. The molecule has 1 N–H and O–H groups in total. The molecule has 0 amide bonds. The Bertz CT molecular complexity index is 55.8. The first-order chi connectivity index (χ1) is 2.41. The standard InChI is InChI=1S/C4H4O/c1-2-3-4-5/h1,5H,4H2. The van der Waals surface area contributed by atoms with Crippen LogP contribution in [0.15, 0.2) is 0 Å². The van der Waals surface area contributed by atoms with E-state index >= 15 is 0 Å². The molecular weight excluding hydrogens is 64.0 g/mol. The topological polar surface area (TPSA) is 20.2 Å². The zero-order valence-corrected chi connectivity index (χ0v) is 2.73. The number of aliphatic hydroxyl groups is 1. The van der Waals surface area contributed by atoms with Crippen LogP contribution in [0.5, 0.6) is 0 Å². The summed E-state index contributed by atoms with van der Waals surface area (Å²) in [5.74, 6) is 4.21. The van der Waals surface area contributed by atoms with Crippen molar-refractivity contribution in [2.75, 3.05) is 6.61 Å². The Kier molecular flexibility index (Phi) is 3.18. The lowest BCUT2D eigenvalue weighted by molar-refractivity contribution is 0.350. The second-order valence-corrected chi connectivity index (χ2v) is 0.479. The first-order valence-electron chi connectivity index (χ1n) is 1.21. The molecule has 26 valence electrons. The predicted octanol–water partition coefficient (Wildman–Crippen LogP) is -0.307. The number of rotatable bonds is 0. The third-order valence-corrected chi connectivity index (χ3v) is 0.181. The first kappa shape index (κ1) is 4.52. The highest BCUT2D eigenvalue weighted by Gasteiger charge is 1.49. The summed E-state index contributed by atoms with van der Waals surface area (Å²) in [6.07, 6.45) is 0. The molecule has 5 heavy (non-hydrogen) atoms. The molecule has 0 rings (SSSR count). The quantitative estimate of drug-likeness (QED) is 0.386. The summed E-state index contributed by atoms with van der Waals surface area (Å²) < 4.78 is 0. The van der Waals surface area contributed by atoms with Gasteiger partial charge in [0.1, 0.15) is 6.61 Å². The van der Waals surface area contributed by atoms with Crippen LogP contribution < -0.4 is 0 Å². The zero-order chi connectivity index (χ0) is 4.12. The summed E-state index contributed by atoms with van der Waals surface area (Å²) in [4.78, 5) is 0. The highest BCUT2D eigenvalue weighted by Crippen LogP contribution is 1.43. The van der Waals surface area contributed by atoms with Gasteiger partial charge in [0.15, 0.2) is 0 Å². The molecule has 1 nitrogen and oxygen atoms in total. The van der Waals surface area contributed by atoms with E-state index in [1.165, 1.54) is 0 Å². The van der Waals surface area contributed by atoms with Crippen molar-refractivity contribution >= 4 is 0 Å². The molecular formula is C4H4O. The monoisotopic (exact) mass is 68.0 g/mol. The summed E-state index contributed by atoms with van der Waals surface area (Å²) in [7, 11) is 0. The Morgan fingerprint density at radius 1 is 1.80 bits per heavy atom. The van der Waals surface area contributed by atoms with E-state index in [2.05, 4.69) is 12.8 Å². The number of hydrogen-bond acceptors (Lipinski definition) is 1. The fourth-order valence-electron chi connectivity index (χ4n) is 0.0456. The van der Waals surface area contributed by atoms with E-state index in [0.29, 0.717) is 0 Å². The highest BCUT2D eigenvalue weighted by atomic mass is 16.2. The lowest BCUT2D eigenvalue weighted by atomic mass is 10.6. The molecule has 0 aliphatic rings. The minimum Gasteiger partial charge on any atom is -0.384 e. The molecule has 0 atom stereocenters. The van der Waals surface area contributed by atoms with Gasteiger partial charge in [-0.25, -0.2) is 0 Å². The molecule has 0 bridgehead atoms. The molecule has 1 heteroatoms. The van der Waals surface area contributed by atoms with Crippen LogP contribution in [0.2, 0.25) is 0 Å². The number of aliphatic hydroxyl groups excluding tert-OH is 1. The Morgan fingerprint density at radius 3 is 2.40 bits per heavy atom. The minimum atomic E-state index is -0.142. The van der Waals surface area contributed by atoms with E-state index in [1.54, 1.807) is 0 Å². The Balaban J connectivity index is 2.81. The normalized spacial score (nSPS) is 5.20. The summed E-state index contributed by atoms with van der Waals surface area (Å²) in [6, 6.07) is 0. The molecule has 0 saturated heterocycles. The van der Waals surface area contributed by atoms with Gasteiger partial charge in [-0.3, -0.25) is 0 Å². The van der Waals surface area contributed by atoms with Gasteiger partial charge in [0.25, 0.3) is 0 Å². The lowest BCUT2D eigenvalue weighted by Gasteiger charge is -1.59. The van der Waals surface area contributed by atoms with Crippen LogP contribution in [0.4, 0.5) is 0 Å². The summed E-state index contributed by atoms with van der Waals surface area (Å²) >= 11 is 0. The molecule has 0 aliphatic heterocycles. The first-order valence-corrected chi connectivity index (χ1v) is 1.21. The summed E-state index contributed by atoms with van der Waals surface area (Å²) in [5.41, 5.74) is 0. The third kappa shape index (κ3) is 3.52. The molecule has 0 fully saturated rings. The Morgan fingerprint density at radius 2 is 2.40 bits per heavy atom. The predicted molar refractivity (Wildman–Crippen MR) is 19.2 cm³/mol. The molecule has 0 spiro atoms. The maximum Gasteiger partial charge on any atom is 0.104 e. The van der Waals surface area contributed by atoms with Gasteiger partial charge < -0.3 is 5.11 Å². The zero-order valence-electron chi connectivity index (χ0n) is 2.73. The van der Waals surface area contributed by atoms with E-state index in [9.17, 15) is 0 Å². The van der Waals surface area contributed by atoms with E-state index < -0.39 is 0 Å². The Hall–Kier alpha value is -0.480. The highest BCUT2D eigenvalue weighted by molar-refractivity contribution is 5.00. The second kappa shape index (κ2) is 3.52. The van der Waals surface area contributed by atoms with Gasteiger partial charge in [-0.15, -0.1) is 0 Å². The van der Waals surface area contributed by atoms with Crippen LogP contribution in [0, 0.1) is 18.8 Å². The van der Waals surface area contributed by atoms with E-state index in [4.69, 9.17) is 5.11 Å². The van der Waals surface area contributed by atoms with Crippen LogP contribution in [-0.2, 0) is 0 Å². The van der Waals surface area contributed by atoms with Gasteiger partial charge in [0.05, 0.1) is 6.92 Å². The van der Waals surface area contributed by atoms with Crippen molar-refractivity contribution in [3.8, 4) is 11.8 Å². The smallest absolute Gasteiger partial charge is 0.104 e. The minimum absolute atomic E-state index is 0.142. The fourth-order valence-corrected chi connectivity index (χ4v) is 0.0456. The summed E-state index contributed by atoms with van der Waals surface area (Å²) in [6.45, 7) is 4.48. The lowest BCUT2D eigenvalue weighted by Crippen LogP contribution is -1.66. The van der Waals surface area contributed by atoms with Gasteiger partial charge in [0.2, 0.25) is 0 Å². The van der Waals surface area contributed by atoms with Crippen LogP contribution in [0.1, 0.15) is 0 Å². The third-order valence-electron chi connectivity index (χ3n) is 0.181. The van der Waals surface area contributed by atoms with Crippen molar-refractivity contribution in [3.63, 3.8) is 0 Å². The Labute approximate surface area is 31.6 Å². The molecule has 2 radical (unpaired) electrons. The number of hydrogen-bond donors (Lipinski definition) is 1. The average molecular weight is 68.1 g/mol. The van der Waals surface area contributed by atoms with E-state index in [0.717, 1.165) is 0 Å². The maximum absolute atomic E-state index is 7.81. The largest absolute Gasteiger partial charge is 0.384 e. The maximum atomic E-state index is 7.81. The molecule has 0 aromatic carbocycles. The fraction of sp³-hybridized carbons (Fsp3) is 0.250. The molecule has 0 saturated carbocycles. The van der Waals surface area contributed by atoms with Crippen LogP contribution in [0.3, 0.4) is 0 Å². The van der Waals surface area contributed by atoms with Crippen molar-refractivity contribution in [2.45, 2.75) is 0 Å². The van der Waals surface area contributed by atoms with Crippen molar-refractivity contribution in [3.05, 3.63) is 6.92 Å². The molecule has 0 aromatic heterocycles. The van der Waals surface area contributed by atoms with Crippen molar-refractivity contribution < 1.29 is 5.11 Å². The van der Waals surface area contributed by atoms with Gasteiger partial charge in [-0.05, 0) is 0 Å². The average Bonchev–Trinajstić information content (AvgIpc) is 1.41. The van der Waals surface area contributed by atoms with Gasteiger partial charge >= 0.3 is 0 Å². The van der Waals surface area contributed by atoms with Crippen molar-refractivity contribution in [2.24, 2.45) is 0 Å². The van der Waals surface area contributed by atoms with Crippen LogP contribution in [0.25, 0.3) is 0 Å².